The molecule has 0 spiro atoms. The highest BCUT2D eigenvalue weighted by atomic mass is 16.8. The predicted octanol–water partition coefficient (Wildman–Crippen LogP) is 1.18. The molecule has 0 bridgehead atoms. The van der Waals surface area contributed by atoms with Crippen molar-refractivity contribution in [3.8, 4) is 0 Å². The lowest BCUT2D eigenvalue weighted by molar-refractivity contribution is 0.0924. The Morgan fingerprint density at radius 3 is 2.60 bits per heavy atom. The fourth-order valence-corrected chi connectivity index (χ4v) is 0.643. The van der Waals surface area contributed by atoms with Crippen LogP contribution in [-0.4, -0.2) is 18.0 Å². The normalized spacial score (nSPS) is 38.1. The summed E-state index contributed by atoms with van der Waals surface area (Å²) in [4.78, 5) is 13.6. The first-order valence-corrected chi connectivity index (χ1v) is 2.87. The van der Waals surface area contributed by atoms with Crippen molar-refractivity contribution in [1.29, 1.82) is 0 Å². The van der Waals surface area contributed by atoms with Gasteiger partial charge in [-0.3, -0.25) is 4.85 Å². The van der Waals surface area contributed by atoms with Gasteiger partial charge in [-0.15, -0.1) is 0 Å². The summed E-state index contributed by atoms with van der Waals surface area (Å²) in [5, 5.41) is 0. The van der Waals surface area contributed by atoms with Crippen molar-refractivity contribution >= 4 is 6.16 Å². The van der Waals surface area contributed by atoms with E-state index >= 15 is 0 Å². The molecule has 54 valence electrons. The molecule has 1 aliphatic rings. The quantitative estimate of drug-likeness (QED) is 0.375. The lowest BCUT2D eigenvalue weighted by Gasteiger charge is -2.08. The average Bonchev–Trinajstić information content (AvgIpc) is 2.09. The van der Waals surface area contributed by atoms with Crippen LogP contribution in [0.5, 0.6) is 0 Å². The second kappa shape index (κ2) is 1.87. The van der Waals surface area contributed by atoms with E-state index in [9.17, 15) is 4.79 Å². The van der Waals surface area contributed by atoms with Crippen LogP contribution in [0.1, 0.15) is 13.8 Å². The summed E-state index contributed by atoms with van der Waals surface area (Å²) in [6, 6.07) is 0. The van der Waals surface area contributed by atoms with E-state index in [1.807, 2.05) is 0 Å². The van der Waals surface area contributed by atoms with E-state index in [1.165, 1.54) is 6.92 Å². The predicted molar refractivity (Wildman–Crippen MR) is 32.0 cm³/mol. The highest BCUT2D eigenvalue weighted by Crippen LogP contribution is 2.27. The first-order valence-electron chi connectivity index (χ1n) is 2.87. The summed E-state index contributed by atoms with van der Waals surface area (Å²) in [6.07, 6.45) is -1.23. The molecule has 0 aromatic carbocycles. The van der Waals surface area contributed by atoms with E-state index in [2.05, 4.69) is 14.3 Å². The zero-order chi connectivity index (χ0) is 7.78. The molecule has 2 atom stereocenters. The van der Waals surface area contributed by atoms with Crippen LogP contribution in [-0.2, 0) is 9.47 Å². The molecular weight excluding hydrogens is 134 g/mol. The third-order valence-electron chi connectivity index (χ3n) is 1.54. The summed E-state index contributed by atoms with van der Waals surface area (Å²) in [5.41, 5.74) is -1.11. The number of ether oxygens (including phenoxy) is 2. The standard InChI is InChI=1S/C6H7NO3/c1-4-6(2,7-3)10-5(8)9-4/h4H,1-2H3. The molecule has 0 amide bonds. The Kier molecular flexibility index (Phi) is 1.29. The number of carbonyl (C=O) groups is 1. The molecule has 0 N–H and O–H groups in total. The van der Waals surface area contributed by atoms with Gasteiger partial charge >= 0.3 is 11.9 Å². The van der Waals surface area contributed by atoms with E-state index in [0.717, 1.165) is 0 Å². The summed E-state index contributed by atoms with van der Waals surface area (Å²) < 4.78 is 9.19. The summed E-state index contributed by atoms with van der Waals surface area (Å²) in [5.74, 6) is 0. The van der Waals surface area contributed by atoms with Crippen LogP contribution in [0.25, 0.3) is 4.85 Å². The minimum Gasteiger partial charge on any atom is -0.418 e. The summed E-state index contributed by atoms with van der Waals surface area (Å²) in [7, 11) is 0. The van der Waals surface area contributed by atoms with Crippen LogP contribution in [0, 0.1) is 6.57 Å². The maximum atomic E-state index is 10.4. The van der Waals surface area contributed by atoms with E-state index in [-0.39, 0.29) is 0 Å². The monoisotopic (exact) mass is 141 g/mol. The Hall–Kier alpha value is -1.24. The van der Waals surface area contributed by atoms with Gasteiger partial charge in [0.2, 0.25) is 6.10 Å². The minimum atomic E-state index is -1.11. The van der Waals surface area contributed by atoms with Gasteiger partial charge < -0.3 is 9.47 Å². The average molecular weight is 141 g/mol. The van der Waals surface area contributed by atoms with Gasteiger partial charge in [-0.25, -0.2) is 11.4 Å². The number of hydrogen-bond donors (Lipinski definition) is 0. The van der Waals surface area contributed by atoms with Gasteiger partial charge in [0.15, 0.2) is 0 Å². The molecule has 0 aromatic heterocycles. The van der Waals surface area contributed by atoms with E-state index < -0.39 is 18.0 Å². The molecule has 0 radical (unpaired) electrons. The van der Waals surface area contributed by atoms with Crippen LogP contribution in [0.15, 0.2) is 0 Å². The maximum absolute atomic E-state index is 10.4. The van der Waals surface area contributed by atoms with Crippen LogP contribution in [0.2, 0.25) is 0 Å². The van der Waals surface area contributed by atoms with Gasteiger partial charge in [-0.05, 0) is 6.92 Å². The molecule has 1 fully saturated rings. The van der Waals surface area contributed by atoms with Crippen LogP contribution < -0.4 is 0 Å². The van der Waals surface area contributed by atoms with Crippen molar-refractivity contribution in [2.24, 2.45) is 0 Å². The Morgan fingerprint density at radius 1 is 1.80 bits per heavy atom. The molecule has 0 aromatic rings. The first-order chi connectivity index (χ1) is 4.58. The van der Waals surface area contributed by atoms with Crippen molar-refractivity contribution in [3.05, 3.63) is 11.4 Å². The van der Waals surface area contributed by atoms with E-state index in [4.69, 9.17) is 6.57 Å². The molecule has 2 unspecified atom stereocenters. The molecule has 0 aliphatic carbocycles. The topological polar surface area (TPSA) is 39.9 Å². The van der Waals surface area contributed by atoms with E-state index in [1.54, 1.807) is 6.92 Å². The van der Waals surface area contributed by atoms with Crippen LogP contribution >= 0.6 is 0 Å². The Balaban J connectivity index is 2.83. The van der Waals surface area contributed by atoms with Crippen molar-refractivity contribution in [3.63, 3.8) is 0 Å². The van der Waals surface area contributed by atoms with Gasteiger partial charge in [0.1, 0.15) is 0 Å². The van der Waals surface area contributed by atoms with Gasteiger partial charge in [-0.1, -0.05) is 0 Å². The Morgan fingerprint density at radius 2 is 2.40 bits per heavy atom. The Bertz CT molecular complexity index is 208. The smallest absolute Gasteiger partial charge is 0.418 e. The zero-order valence-corrected chi connectivity index (χ0v) is 5.75. The van der Waals surface area contributed by atoms with Crippen LogP contribution in [0.4, 0.5) is 4.79 Å². The number of nitrogens with zero attached hydrogens (tertiary/aromatic N) is 1. The molecule has 1 aliphatic heterocycles. The molecule has 4 nitrogen and oxygen atoms in total. The van der Waals surface area contributed by atoms with Gasteiger partial charge in [0, 0.05) is 0 Å². The van der Waals surface area contributed by atoms with Crippen LogP contribution in [0.3, 0.4) is 0 Å². The van der Waals surface area contributed by atoms with Crippen molar-refractivity contribution in [2.75, 3.05) is 0 Å². The largest absolute Gasteiger partial charge is 0.515 e. The van der Waals surface area contributed by atoms with Crippen molar-refractivity contribution in [1.82, 2.24) is 0 Å². The second-order valence-electron chi connectivity index (χ2n) is 2.28. The maximum Gasteiger partial charge on any atom is 0.515 e. The molecule has 1 heterocycles. The highest BCUT2D eigenvalue weighted by Gasteiger charge is 2.51. The molecule has 4 heteroatoms. The van der Waals surface area contributed by atoms with Crippen molar-refractivity contribution in [2.45, 2.75) is 25.7 Å². The lowest BCUT2D eigenvalue weighted by atomic mass is 10.2. The minimum absolute atomic E-state index is 0.475. The number of cyclic esters (lactones) is 2. The number of rotatable bonds is 0. The van der Waals surface area contributed by atoms with Gasteiger partial charge in [-0.2, -0.15) is 0 Å². The second-order valence-corrected chi connectivity index (χ2v) is 2.28. The number of hydrogen-bond acceptors (Lipinski definition) is 3. The lowest BCUT2D eigenvalue weighted by Crippen LogP contribution is -2.29. The molecule has 1 rings (SSSR count). The van der Waals surface area contributed by atoms with Gasteiger partial charge in [0.25, 0.3) is 0 Å². The van der Waals surface area contributed by atoms with Gasteiger partial charge in [0.05, 0.1) is 6.92 Å². The SMILES string of the molecule is [C-]#[N+]C1(C)OC(=O)OC1C. The third-order valence-corrected chi connectivity index (χ3v) is 1.54. The third kappa shape index (κ3) is 0.798. The van der Waals surface area contributed by atoms with Crippen molar-refractivity contribution < 1.29 is 14.3 Å². The first kappa shape index (κ1) is 6.87. The Labute approximate surface area is 58.5 Å². The molecular formula is C6H7NO3. The molecule has 10 heavy (non-hydrogen) atoms. The highest BCUT2D eigenvalue weighted by molar-refractivity contribution is 5.63. The summed E-state index contributed by atoms with van der Waals surface area (Å²) in [6.45, 7) is 9.84. The fraction of sp³-hybridized carbons (Fsp3) is 0.667. The zero-order valence-electron chi connectivity index (χ0n) is 5.75. The summed E-state index contributed by atoms with van der Waals surface area (Å²) >= 11 is 0. The number of carbonyl (C=O) groups excluding carboxylic acids is 1. The molecule has 0 saturated carbocycles. The fourth-order valence-electron chi connectivity index (χ4n) is 0.643. The van der Waals surface area contributed by atoms with E-state index in [0.29, 0.717) is 0 Å². The molecule has 1 saturated heterocycles.